The average molecular weight is 338 g/mol. The number of amides is 1. The normalized spacial score (nSPS) is 10.3. The van der Waals surface area contributed by atoms with Gasteiger partial charge in [-0.25, -0.2) is 4.39 Å². The number of carbonyl (C=O) groups excluding carboxylic acids is 1. The van der Waals surface area contributed by atoms with Crippen LogP contribution in [0.2, 0.25) is 0 Å². The van der Waals surface area contributed by atoms with E-state index in [-0.39, 0.29) is 18.0 Å². The Bertz CT molecular complexity index is 939. The number of hydrogen-bond acceptors (Lipinski definition) is 3. The number of hydrogen-bond donors (Lipinski definition) is 1. The van der Waals surface area contributed by atoms with Crippen LogP contribution < -0.4 is 15.7 Å². The largest absolute Gasteiger partial charge is 0.406 e. The van der Waals surface area contributed by atoms with Gasteiger partial charge in [0.2, 0.25) is 0 Å². The Balaban J connectivity index is 1.75. The molecule has 126 valence electrons. The zero-order valence-corrected chi connectivity index (χ0v) is 13.2. The van der Waals surface area contributed by atoms with E-state index in [4.69, 9.17) is 4.84 Å². The van der Waals surface area contributed by atoms with Gasteiger partial charge in [0.1, 0.15) is 18.0 Å². The van der Waals surface area contributed by atoms with Gasteiger partial charge in [-0.2, -0.15) is 4.73 Å². The molecule has 0 unspecified atom stereocenters. The van der Waals surface area contributed by atoms with E-state index in [9.17, 15) is 14.0 Å². The van der Waals surface area contributed by atoms with Gasteiger partial charge in [0.25, 0.3) is 11.5 Å². The number of rotatable bonds is 5. The van der Waals surface area contributed by atoms with Crippen molar-refractivity contribution < 1.29 is 14.0 Å². The summed E-state index contributed by atoms with van der Waals surface area (Å²) in [5.41, 5.74) is 0.520. The van der Waals surface area contributed by atoms with Crippen LogP contribution in [0.3, 0.4) is 0 Å². The lowest BCUT2D eigenvalue weighted by Crippen LogP contribution is -2.32. The van der Waals surface area contributed by atoms with Gasteiger partial charge in [-0.1, -0.05) is 30.3 Å². The Hall–Kier alpha value is -3.41. The number of aromatic nitrogens is 1. The second-order valence-electron chi connectivity index (χ2n) is 5.28. The van der Waals surface area contributed by atoms with Crippen molar-refractivity contribution in [3.63, 3.8) is 0 Å². The highest BCUT2D eigenvalue weighted by molar-refractivity contribution is 6.03. The van der Waals surface area contributed by atoms with E-state index in [2.05, 4.69) is 5.32 Å². The molecule has 0 aliphatic carbocycles. The first kappa shape index (κ1) is 16.4. The van der Waals surface area contributed by atoms with Crippen LogP contribution in [0.4, 0.5) is 10.1 Å². The van der Waals surface area contributed by atoms with Gasteiger partial charge >= 0.3 is 0 Å². The number of para-hydroxylation sites is 1. The molecule has 0 saturated heterocycles. The molecule has 1 heterocycles. The summed E-state index contributed by atoms with van der Waals surface area (Å²) in [5.74, 6) is -0.913. The van der Waals surface area contributed by atoms with Crippen molar-refractivity contribution in [3.8, 4) is 0 Å². The first-order valence-corrected chi connectivity index (χ1v) is 7.59. The van der Waals surface area contributed by atoms with E-state index in [1.807, 2.05) is 6.07 Å². The van der Waals surface area contributed by atoms with Crippen molar-refractivity contribution in [2.45, 2.75) is 6.61 Å². The quantitative estimate of drug-likeness (QED) is 0.778. The molecule has 0 spiro atoms. The van der Waals surface area contributed by atoms with Gasteiger partial charge in [-0.3, -0.25) is 9.59 Å². The van der Waals surface area contributed by atoms with Crippen LogP contribution in [-0.4, -0.2) is 10.6 Å². The van der Waals surface area contributed by atoms with E-state index in [0.29, 0.717) is 11.3 Å². The standard InChI is InChI=1S/C19H15FN2O3/c20-15-7-4-6-14(12-15)13-25-22-11-5-10-17(19(22)24)18(23)21-16-8-2-1-3-9-16/h1-12H,13H2,(H,21,23). The van der Waals surface area contributed by atoms with Crippen LogP contribution in [0, 0.1) is 5.82 Å². The molecular formula is C19H15FN2O3. The van der Waals surface area contributed by atoms with E-state index >= 15 is 0 Å². The van der Waals surface area contributed by atoms with Crippen molar-refractivity contribution in [2.75, 3.05) is 5.32 Å². The highest BCUT2D eigenvalue weighted by Crippen LogP contribution is 2.07. The van der Waals surface area contributed by atoms with E-state index in [1.165, 1.54) is 30.5 Å². The van der Waals surface area contributed by atoms with Crippen molar-refractivity contribution in [3.05, 3.63) is 100 Å². The molecule has 0 radical (unpaired) electrons. The Morgan fingerprint density at radius 2 is 1.84 bits per heavy atom. The molecule has 0 saturated carbocycles. The zero-order valence-electron chi connectivity index (χ0n) is 13.2. The van der Waals surface area contributed by atoms with Gasteiger partial charge in [0.05, 0.1) is 0 Å². The molecule has 0 aliphatic rings. The first-order chi connectivity index (χ1) is 12.1. The molecule has 0 bridgehead atoms. The topological polar surface area (TPSA) is 60.3 Å². The third-order valence-corrected chi connectivity index (χ3v) is 3.45. The number of pyridine rings is 1. The number of carbonyl (C=O) groups is 1. The minimum atomic E-state index is -0.590. The fourth-order valence-corrected chi connectivity index (χ4v) is 2.24. The van der Waals surface area contributed by atoms with E-state index in [1.54, 1.807) is 36.4 Å². The average Bonchev–Trinajstić information content (AvgIpc) is 2.62. The Morgan fingerprint density at radius 1 is 1.04 bits per heavy atom. The van der Waals surface area contributed by atoms with Crippen molar-refractivity contribution in [1.82, 2.24) is 4.73 Å². The Kier molecular flexibility index (Phi) is 4.89. The maximum atomic E-state index is 13.2. The highest BCUT2D eigenvalue weighted by Gasteiger charge is 2.13. The van der Waals surface area contributed by atoms with Crippen LogP contribution >= 0.6 is 0 Å². The maximum absolute atomic E-state index is 13.2. The van der Waals surface area contributed by atoms with Gasteiger partial charge in [-0.15, -0.1) is 0 Å². The molecule has 2 aromatic carbocycles. The summed E-state index contributed by atoms with van der Waals surface area (Å²) in [7, 11) is 0. The smallest absolute Gasteiger partial charge is 0.295 e. The summed E-state index contributed by atoms with van der Waals surface area (Å²) < 4.78 is 14.1. The second-order valence-corrected chi connectivity index (χ2v) is 5.28. The SMILES string of the molecule is O=C(Nc1ccccc1)c1cccn(OCc2cccc(F)c2)c1=O. The molecular weight excluding hydrogens is 323 g/mol. The van der Waals surface area contributed by atoms with Crippen LogP contribution in [-0.2, 0) is 6.61 Å². The molecule has 6 heteroatoms. The van der Waals surface area contributed by atoms with Crippen LogP contribution in [0.5, 0.6) is 0 Å². The minimum Gasteiger partial charge on any atom is -0.406 e. The summed E-state index contributed by atoms with van der Waals surface area (Å²) >= 11 is 0. The summed E-state index contributed by atoms with van der Waals surface area (Å²) in [5, 5.41) is 2.65. The summed E-state index contributed by atoms with van der Waals surface area (Å²) in [6.45, 7) is 0.00141. The number of nitrogens with zero attached hydrogens (tertiary/aromatic N) is 1. The molecule has 5 nitrogen and oxygen atoms in total. The third kappa shape index (κ3) is 4.11. The molecule has 1 aromatic heterocycles. The number of anilines is 1. The molecule has 3 aromatic rings. The minimum absolute atomic E-state index is 0.00141. The van der Waals surface area contributed by atoms with Crippen molar-refractivity contribution >= 4 is 11.6 Å². The fraction of sp³-hybridized carbons (Fsp3) is 0.0526. The predicted octanol–water partition coefficient (Wildman–Crippen LogP) is 2.87. The summed E-state index contributed by atoms with van der Waals surface area (Å²) in [4.78, 5) is 30.0. The molecule has 0 fully saturated rings. The van der Waals surface area contributed by atoms with Crippen LogP contribution in [0.1, 0.15) is 15.9 Å². The lowest BCUT2D eigenvalue weighted by Gasteiger charge is -2.10. The second kappa shape index (κ2) is 7.44. The molecule has 3 rings (SSSR count). The number of halogens is 1. The van der Waals surface area contributed by atoms with E-state index in [0.717, 1.165) is 4.73 Å². The van der Waals surface area contributed by atoms with E-state index < -0.39 is 11.5 Å². The van der Waals surface area contributed by atoms with Gasteiger partial charge in [0, 0.05) is 11.9 Å². The zero-order chi connectivity index (χ0) is 17.6. The van der Waals surface area contributed by atoms with Crippen molar-refractivity contribution in [2.24, 2.45) is 0 Å². The third-order valence-electron chi connectivity index (χ3n) is 3.45. The molecule has 1 N–H and O–H groups in total. The number of nitrogens with one attached hydrogen (secondary N) is 1. The fourth-order valence-electron chi connectivity index (χ4n) is 2.24. The lowest BCUT2D eigenvalue weighted by atomic mass is 10.2. The number of benzene rings is 2. The van der Waals surface area contributed by atoms with Gasteiger partial charge in [-0.05, 0) is 42.0 Å². The predicted molar refractivity (Wildman–Crippen MR) is 91.8 cm³/mol. The molecule has 25 heavy (non-hydrogen) atoms. The van der Waals surface area contributed by atoms with Gasteiger partial charge in [0.15, 0.2) is 0 Å². The summed E-state index contributed by atoms with van der Waals surface area (Å²) in [6, 6.07) is 17.7. The maximum Gasteiger partial charge on any atom is 0.295 e. The Morgan fingerprint density at radius 3 is 2.60 bits per heavy atom. The van der Waals surface area contributed by atoms with Crippen LogP contribution in [0.15, 0.2) is 77.7 Å². The van der Waals surface area contributed by atoms with Gasteiger partial charge < -0.3 is 10.2 Å². The molecule has 0 aliphatic heterocycles. The first-order valence-electron chi connectivity index (χ1n) is 7.59. The molecule has 1 amide bonds. The monoisotopic (exact) mass is 338 g/mol. The summed E-state index contributed by atoms with van der Waals surface area (Å²) in [6.07, 6.45) is 1.40. The molecule has 0 atom stereocenters. The highest BCUT2D eigenvalue weighted by atomic mass is 19.1. The lowest BCUT2D eigenvalue weighted by molar-refractivity contribution is 0.0862. The van der Waals surface area contributed by atoms with Crippen molar-refractivity contribution in [1.29, 1.82) is 0 Å². The van der Waals surface area contributed by atoms with Crippen LogP contribution in [0.25, 0.3) is 0 Å². The Labute approximate surface area is 143 Å².